The van der Waals surface area contributed by atoms with Crippen LogP contribution < -0.4 is 0 Å². The summed E-state index contributed by atoms with van der Waals surface area (Å²) >= 11 is 7.14. The Morgan fingerprint density at radius 2 is 0.614 bits per heavy atom. The first kappa shape index (κ1) is 59.0. The molecule has 0 atom stereocenters. The number of nitrogens with zero attached hydrogens (tertiary/aromatic N) is 2. The summed E-state index contributed by atoms with van der Waals surface area (Å²) in [5, 5.41) is 0. The van der Waals surface area contributed by atoms with E-state index in [9.17, 15) is 43.2 Å². The summed E-state index contributed by atoms with van der Waals surface area (Å²) in [6.45, 7) is 16.0. The van der Waals surface area contributed by atoms with E-state index in [1.807, 2.05) is 0 Å². The Bertz CT molecular complexity index is 1050. The zero-order valence-electron chi connectivity index (χ0n) is 36.5. The van der Waals surface area contributed by atoms with Crippen molar-refractivity contribution < 1.29 is 47.7 Å². The first-order valence-corrected chi connectivity index (χ1v) is 29.6. The minimum Gasteiger partial charge on any atom is -0.421 e. The molecule has 0 aromatic carbocycles. The van der Waals surface area contributed by atoms with Crippen LogP contribution in [0.25, 0.3) is 4.13 Å². The lowest BCUT2D eigenvalue weighted by atomic mass is 10.0. The van der Waals surface area contributed by atoms with Crippen molar-refractivity contribution in [1.29, 1.82) is 0 Å². The Morgan fingerprint density at radius 1 is 0.421 bits per heavy atom. The SMILES string of the molecule is CCCCCCCCCCCC[N+](CCCCCCCCCCCC)(CCCCCCCCCCCC)C[Si](C)(C)Cl.O=S(=O)([N-]S(=O)(=O)C(F)(F)F)C(F)(F)F. The van der Waals surface area contributed by atoms with Crippen LogP contribution in [-0.2, 0) is 20.0 Å². The maximum absolute atomic E-state index is 11.4. The molecule has 0 heterocycles. The first-order chi connectivity index (χ1) is 26.6. The molecule has 16 heteroatoms. The molecule has 0 spiro atoms. The van der Waals surface area contributed by atoms with Crippen LogP contribution in [0.15, 0.2) is 0 Å². The molecule has 0 saturated heterocycles. The van der Waals surface area contributed by atoms with E-state index in [0.29, 0.717) is 0 Å². The molecule has 0 N–H and O–H groups in total. The highest BCUT2D eigenvalue weighted by Gasteiger charge is 2.47. The third kappa shape index (κ3) is 34.2. The molecule has 0 aromatic heterocycles. The van der Waals surface area contributed by atoms with Gasteiger partial charge in [-0.1, -0.05) is 188 Å². The smallest absolute Gasteiger partial charge is 0.421 e. The Morgan fingerprint density at radius 3 is 0.789 bits per heavy atom. The van der Waals surface area contributed by atoms with Gasteiger partial charge in [0.1, 0.15) is 0 Å². The molecule has 0 amide bonds. The summed E-state index contributed by atoms with van der Waals surface area (Å²) in [7, 11) is -15.1. The van der Waals surface area contributed by atoms with Crippen LogP contribution in [-0.4, -0.2) is 65.5 Å². The highest BCUT2D eigenvalue weighted by Crippen LogP contribution is 2.36. The quantitative estimate of drug-likeness (QED) is 0.0204. The van der Waals surface area contributed by atoms with Crippen molar-refractivity contribution in [2.45, 2.75) is 238 Å². The largest absolute Gasteiger partial charge is 0.480 e. The molecule has 0 unspecified atom stereocenters. The fourth-order valence-corrected chi connectivity index (χ4v) is 11.9. The van der Waals surface area contributed by atoms with Crippen molar-refractivity contribution in [3.63, 3.8) is 0 Å². The molecule has 57 heavy (non-hydrogen) atoms. The maximum Gasteiger partial charge on any atom is 0.480 e. The van der Waals surface area contributed by atoms with Crippen LogP contribution in [0.4, 0.5) is 26.3 Å². The number of hydrogen-bond acceptors (Lipinski definition) is 4. The van der Waals surface area contributed by atoms with Crippen LogP contribution in [0, 0.1) is 0 Å². The van der Waals surface area contributed by atoms with Crippen molar-refractivity contribution in [2.24, 2.45) is 0 Å². The summed E-state index contributed by atoms with van der Waals surface area (Å²) in [6.07, 6.45) is 44.5. The van der Waals surface area contributed by atoms with Gasteiger partial charge in [-0.05, 0) is 38.5 Å². The minimum atomic E-state index is -6.72. The number of sulfonamides is 2. The summed E-state index contributed by atoms with van der Waals surface area (Å²) in [5.74, 6) is 0. The van der Waals surface area contributed by atoms with E-state index in [0.717, 1.165) is 4.13 Å². The van der Waals surface area contributed by atoms with Gasteiger partial charge in [-0.3, -0.25) is 0 Å². The van der Waals surface area contributed by atoms with Gasteiger partial charge in [-0.2, -0.15) is 37.4 Å². The highest BCUT2D eigenvalue weighted by atomic mass is 35.6. The van der Waals surface area contributed by atoms with E-state index in [1.165, 1.54) is 223 Å². The molecule has 0 saturated carbocycles. The number of hydrogen-bond donors (Lipinski definition) is 0. The number of rotatable bonds is 37. The predicted octanol–water partition coefficient (Wildman–Crippen LogP) is 15.6. The summed E-state index contributed by atoms with van der Waals surface area (Å²) in [6, 6.07) is 0. The highest BCUT2D eigenvalue weighted by molar-refractivity contribution is 8.13. The van der Waals surface area contributed by atoms with Gasteiger partial charge < -0.3 is 8.61 Å². The molecule has 6 nitrogen and oxygen atoms in total. The lowest BCUT2D eigenvalue weighted by Crippen LogP contribution is -2.56. The Kier molecular flexibility index (Phi) is 34.7. The zero-order chi connectivity index (χ0) is 43.7. The van der Waals surface area contributed by atoms with Crippen molar-refractivity contribution in [3.05, 3.63) is 4.13 Å². The van der Waals surface area contributed by atoms with E-state index in [4.69, 9.17) is 11.1 Å². The first-order valence-electron chi connectivity index (χ1n) is 22.5. The van der Waals surface area contributed by atoms with Gasteiger partial charge in [-0.15, -0.1) is 0 Å². The fourth-order valence-electron chi connectivity index (χ4n) is 7.39. The van der Waals surface area contributed by atoms with Crippen molar-refractivity contribution in [1.82, 2.24) is 0 Å². The van der Waals surface area contributed by atoms with Crippen molar-refractivity contribution in [2.75, 3.05) is 25.8 Å². The van der Waals surface area contributed by atoms with Gasteiger partial charge in [0.05, 0.1) is 25.8 Å². The second-order valence-corrected chi connectivity index (χ2v) is 27.1. The minimum absolute atomic E-state index is 0.778. The van der Waals surface area contributed by atoms with Gasteiger partial charge in [0, 0.05) is 0 Å². The van der Waals surface area contributed by atoms with Crippen LogP contribution in [0.1, 0.15) is 213 Å². The van der Waals surface area contributed by atoms with E-state index < -0.39 is 38.4 Å². The normalized spacial score (nSPS) is 13.2. The molecule has 0 bridgehead atoms. The van der Waals surface area contributed by atoms with E-state index in [1.54, 1.807) is 0 Å². The zero-order valence-corrected chi connectivity index (χ0v) is 39.9. The molecule has 0 aliphatic rings. The standard InChI is InChI=1S/C39H83ClNSi.C2F6NO4S2/c1-6-9-12-15-18-21-24-27-30-33-36-41(39-42(4,5)40,37-34-31-28-25-22-19-16-13-10-7-2)38-35-32-29-26-23-20-17-14-11-8-3;3-1(4,5)14(10,11)9-15(12,13)2(6,7)8/h6-39H2,1-5H3;/q+1;-1. The van der Waals surface area contributed by atoms with Gasteiger partial charge in [-0.25, -0.2) is 16.8 Å². The average Bonchev–Trinajstić information content (AvgIpc) is 3.09. The molecule has 0 fully saturated rings. The van der Waals surface area contributed by atoms with Crippen LogP contribution in [0.3, 0.4) is 0 Å². The summed E-state index contributed by atoms with van der Waals surface area (Å²) in [5.41, 5.74) is -12.4. The van der Waals surface area contributed by atoms with Gasteiger partial charge in [0.25, 0.3) is 0 Å². The van der Waals surface area contributed by atoms with Crippen LogP contribution in [0.2, 0.25) is 13.1 Å². The topological polar surface area (TPSA) is 82.4 Å². The Labute approximate surface area is 352 Å². The maximum atomic E-state index is 11.4. The van der Waals surface area contributed by atoms with Gasteiger partial charge in [0.15, 0.2) is 20.0 Å². The number of alkyl halides is 6. The summed E-state index contributed by atoms with van der Waals surface area (Å²) in [4.78, 5) is 0. The average molecular weight is 910 g/mol. The molecule has 0 radical (unpaired) electrons. The van der Waals surface area contributed by atoms with Crippen LogP contribution in [0.5, 0.6) is 0 Å². The lowest BCUT2D eigenvalue weighted by molar-refractivity contribution is -0.919. The number of halogens is 7. The third-order valence-electron chi connectivity index (χ3n) is 10.5. The Hall–Kier alpha value is -0.0931. The molecular weight excluding hydrogens is 826 g/mol. The van der Waals surface area contributed by atoms with E-state index >= 15 is 0 Å². The van der Waals surface area contributed by atoms with Crippen molar-refractivity contribution >= 4 is 38.5 Å². The second-order valence-electron chi connectivity index (χ2n) is 16.9. The number of quaternary nitrogens is 1. The monoisotopic (exact) mass is 909 g/mol. The molecule has 0 aliphatic carbocycles. The molecule has 346 valence electrons. The van der Waals surface area contributed by atoms with Gasteiger partial charge in [0.2, 0.25) is 7.38 Å². The lowest BCUT2D eigenvalue weighted by Gasteiger charge is -2.42. The van der Waals surface area contributed by atoms with Crippen LogP contribution >= 0.6 is 11.1 Å². The number of unbranched alkanes of at least 4 members (excludes halogenated alkanes) is 27. The molecule has 0 aliphatic heterocycles. The molecule has 0 aromatic rings. The van der Waals surface area contributed by atoms with Crippen molar-refractivity contribution in [3.8, 4) is 0 Å². The van der Waals surface area contributed by atoms with Gasteiger partial charge >= 0.3 is 11.0 Å². The second kappa shape index (κ2) is 33.5. The van der Waals surface area contributed by atoms with E-state index in [2.05, 4.69) is 33.9 Å². The van der Waals surface area contributed by atoms with E-state index in [-0.39, 0.29) is 0 Å². The fraction of sp³-hybridized carbons (Fsp3) is 1.00. The third-order valence-corrected chi connectivity index (χ3v) is 15.0. The Balaban J connectivity index is 0. The predicted molar refractivity (Wildman–Crippen MR) is 232 cm³/mol. The molecule has 0 rings (SSSR count). The summed E-state index contributed by atoms with van der Waals surface area (Å²) < 4.78 is 111. The molecular formula is C41H83ClF6N2O4S2Si.